The molecule has 0 amide bonds. The van der Waals surface area contributed by atoms with Crippen molar-refractivity contribution in [2.24, 2.45) is 10.2 Å². The number of aromatic amines is 2. The molecule has 0 saturated carbocycles. The van der Waals surface area contributed by atoms with E-state index in [9.17, 15) is 9.90 Å². The fourth-order valence-corrected chi connectivity index (χ4v) is 2.34. The molecule has 0 atom stereocenters. The number of nitrogens with zero attached hydrogens (tertiary/aromatic N) is 2. The summed E-state index contributed by atoms with van der Waals surface area (Å²) in [5.41, 5.74) is 1.49. The highest BCUT2D eigenvalue weighted by Crippen LogP contribution is 2.36. The first-order chi connectivity index (χ1) is 11.7. The average Bonchev–Trinajstić information content (AvgIpc) is 3.20. The molecule has 1 aliphatic rings. The molecule has 0 bridgehead atoms. The van der Waals surface area contributed by atoms with Gasteiger partial charge in [0.2, 0.25) is 6.79 Å². The maximum absolute atomic E-state index is 12.0. The number of nitrogens with one attached hydrogen (secondary N) is 2. The van der Waals surface area contributed by atoms with E-state index in [0.29, 0.717) is 28.4 Å². The summed E-state index contributed by atoms with van der Waals surface area (Å²) in [4.78, 5) is 12.0. The second-order valence-electron chi connectivity index (χ2n) is 5.09. The lowest BCUT2D eigenvalue weighted by atomic mass is 10.1. The van der Waals surface area contributed by atoms with E-state index in [1.54, 1.807) is 30.3 Å². The van der Waals surface area contributed by atoms with Gasteiger partial charge in [0.25, 0.3) is 5.56 Å². The van der Waals surface area contributed by atoms with Crippen LogP contribution in [-0.2, 0) is 0 Å². The molecule has 120 valence electrons. The fraction of sp³-hybridized carbons (Fsp3) is 0.0625. The van der Waals surface area contributed by atoms with E-state index in [1.807, 2.05) is 0 Å². The van der Waals surface area contributed by atoms with Crippen LogP contribution in [0.5, 0.6) is 17.2 Å². The Kier molecular flexibility index (Phi) is 3.27. The Hall–Kier alpha value is -3.55. The number of H-pyrrole nitrogens is 2. The van der Waals surface area contributed by atoms with Crippen LogP contribution in [0, 0.1) is 0 Å². The van der Waals surface area contributed by atoms with E-state index >= 15 is 0 Å². The zero-order valence-electron chi connectivity index (χ0n) is 12.3. The molecule has 2 aromatic carbocycles. The van der Waals surface area contributed by atoms with Crippen molar-refractivity contribution in [2.75, 3.05) is 6.79 Å². The lowest BCUT2D eigenvalue weighted by Gasteiger charge is -1.99. The molecule has 24 heavy (non-hydrogen) atoms. The summed E-state index contributed by atoms with van der Waals surface area (Å²) in [5.74, 6) is 1.38. The van der Waals surface area contributed by atoms with Crippen LogP contribution in [0.1, 0.15) is 0 Å². The molecule has 1 aliphatic heterocycles. The second-order valence-corrected chi connectivity index (χ2v) is 5.09. The predicted octanol–water partition coefficient (Wildman–Crippen LogP) is 3.22. The summed E-state index contributed by atoms with van der Waals surface area (Å²) in [6.45, 7) is 0.179. The molecule has 0 spiro atoms. The third-order valence-corrected chi connectivity index (χ3v) is 3.53. The number of phenolic OH excluding ortho intramolecular Hbond substituents is 1. The molecule has 8 heteroatoms. The maximum Gasteiger partial charge on any atom is 0.292 e. The van der Waals surface area contributed by atoms with Gasteiger partial charge in [-0.15, -0.1) is 5.11 Å². The minimum Gasteiger partial charge on any atom is -0.508 e. The van der Waals surface area contributed by atoms with Gasteiger partial charge in [-0.05, 0) is 36.4 Å². The van der Waals surface area contributed by atoms with E-state index in [-0.39, 0.29) is 23.8 Å². The number of hydrogen-bond acceptors (Lipinski definition) is 6. The number of phenols is 1. The van der Waals surface area contributed by atoms with Crippen LogP contribution in [0.15, 0.2) is 57.5 Å². The fourth-order valence-electron chi connectivity index (χ4n) is 2.34. The number of ether oxygens (including phenoxy) is 2. The Morgan fingerprint density at radius 3 is 2.58 bits per heavy atom. The van der Waals surface area contributed by atoms with Gasteiger partial charge in [-0.2, -0.15) is 5.11 Å². The average molecular weight is 324 g/mol. The van der Waals surface area contributed by atoms with Crippen LogP contribution in [0.4, 0.5) is 11.4 Å². The van der Waals surface area contributed by atoms with Crippen LogP contribution in [-0.4, -0.2) is 22.1 Å². The third kappa shape index (κ3) is 2.50. The van der Waals surface area contributed by atoms with Crippen molar-refractivity contribution in [1.29, 1.82) is 0 Å². The third-order valence-electron chi connectivity index (χ3n) is 3.53. The highest BCUT2D eigenvalue weighted by atomic mass is 16.7. The van der Waals surface area contributed by atoms with Crippen molar-refractivity contribution in [2.45, 2.75) is 0 Å². The van der Waals surface area contributed by atoms with Crippen molar-refractivity contribution in [1.82, 2.24) is 10.2 Å². The number of hydrogen-bond donors (Lipinski definition) is 3. The smallest absolute Gasteiger partial charge is 0.292 e. The van der Waals surface area contributed by atoms with Crippen molar-refractivity contribution in [3.05, 3.63) is 52.8 Å². The molecule has 3 aromatic rings. The molecule has 1 aromatic heterocycles. The zero-order chi connectivity index (χ0) is 16.5. The van der Waals surface area contributed by atoms with E-state index in [2.05, 4.69) is 20.4 Å². The summed E-state index contributed by atoms with van der Waals surface area (Å²) in [7, 11) is 0. The van der Waals surface area contributed by atoms with Crippen LogP contribution >= 0.6 is 0 Å². The zero-order valence-corrected chi connectivity index (χ0v) is 12.3. The molecule has 0 unspecified atom stereocenters. The normalized spacial score (nSPS) is 12.8. The largest absolute Gasteiger partial charge is 0.508 e. The molecular weight excluding hydrogens is 312 g/mol. The van der Waals surface area contributed by atoms with E-state index in [4.69, 9.17) is 9.47 Å². The summed E-state index contributed by atoms with van der Waals surface area (Å²) in [6, 6.07) is 11.5. The minimum absolute atomic E-state index is 0.139. The first-order valence-electron chi connectivity index (χ1n) is 7.12. The number of rotatable bonds is 3. The van der Waals surface area contributed by atoms with Gasteiger partial charge in [0.1, 0.15) is 5.75 Å². The van der Waals surface area contributed by atoms with E-state index < -0.39 is 0 Å². The van der Waals surface area contributed by atoms with Gasteiger partial charge in [0.05, 0.1) is 11.4 Å². The first kappa shape index (κ1) is 14.1. The van der Waals surface area contributed by atoms with Gasteiger partial charge in [0.15, 0.2) is 17.2 Å². The minimum atomic E-state index is -0.387. The summed E-state index contributed by atoms with van der Waals surface area (Å²) < 4.78 is 10.5. The van der Waals surface area contributed by atoms with Gasteiger partial charge in [-0.25, -0.2) is 0 Å². The molecule has 3 N–H and O–H groups in total. The number of fused-ring (bicyclic) bond motifs is 1. The molecule has 0 fully saturated rings. The van der Waals surface area contributed by atoms with Crippen molar-refractivity contribution < 1.29 is 14.6 Å². The lowest BCUT2D eigenvalue weighted by molar-refractivity contribution is 0.174. The van der Waals surface area contributed by atoms with Crippen LogP contribution in [0.3, 0.4) is 0 Å². The highest BCUT2D eigenvalue weighted by molar-refractivity contribution is 5.71. The first-order valence-corrected chi connectivity index (χ1v) is 7.12. The quantitative estimate of drug-likeness (QED) is 0.642. The topological polar surface area (TPSA) is 112 Å². The Labute approximate surface area is 135 Å². The Balaban J connectivity index is 1.68. The van der Waals surface area contributed by atoms with Gasteiger partial charge in [-0.1, -0.05) is 0 Å². The summed E-state index contributed by atoms with van der Waals surface area (Å²) in [5, 5.41) is 22.8. The van der Waals surface area contributed by atoms with Crippen LogP contribution in [0.25, 0.3) is 11.3 Å². The van der Waals surface area contributed by atoms with Crippen molar-refractivity contribution in [3.8, 4) is 28.5 Å². The molecule has 4 rings (SSSR count). The molecule has 0 saturated heterocycles. The van der Waals surface area contributed by atoms with Gasteiger partial charge >= 0.3 is 0 Å². The van der Waals surface area contributed by atoms with Crippen molar-refractivity contribution in [3.63, 3.8) is 0 Å². The lowest BCUT2D eigenvalue weighted by Crippen LogP contribution is -1.96. The molecular formula is C16H12N4O4. The number of benzene rings is 2. The maximum atomic E-state index is 12.0. The van der Waals surface area contributed by atoms with E-state index in [1.165, 1.54) is 12.1 Å². The highest BCUT2D eigenvalue weighted by Gasteiger charge is 2.14. The molecule has 0 radical (unpaired) electrons. The molecule has 8 nitrogen and oxygen atoms in total. The monoisotopic (exact) mass is 324 g/mol. The van der Waals surface area contributed by atoms with Crippen LogP contribution in [0.2, 0.25) is 0 Å². The summed E-state index contributed by atoms with van der Waals surface area (Å²) in [6.07, 6.45) is 0. The number of aromatic nitrogens is 2. The molecule has 0 aliphatic carbocycles. The predicted molar refractivity (Wildman–Crippen MR) is 85.3 cm³/mol. The Morgan fingerprint density at radius 2 is 1.75 bits per heavy atom. The van der Waals surface area contributed by atoms with E-state index in [0.717, 1.165) is 0 Å². The SMILES string of the molecule is O=c1[nH][nH]c(-c2ccc(O)cc2)c1N=Nc1ccc2c(c1)OCO2. The van der Waals surface area contributed by atoms with Gasteiger partial charge < -0.3 is 14.6 Å². The Morgan fingerprint density at radius 1 is 0.958 bits per heavy atom. The van der Waals surface area contributed by atoms with Gasteiger partial charge in [0, 0.05) is 11.6 Å². The number of azo groups is 1. The summed E-state index contributed by atoms with van der Waals surface area (Å²) >= 11 is 0. The van der Waals surface area contributed by atoms with Crippen LogP contribution < -0.4 is 15.0 Å². The second kappa shape index (κ2) is 5.58. The standard InChI is InChI=1S/C16H12N4O4/c21-11-4-1-9(2-5-11)14-15(16(22)20-18-14)19-17-10-3-6-12-13(7-10)24-8-23-12/h1-7,21H,8H2,(H2,18,20,22). The number of aromatic hydroxyl groups is 1. The van der Waals surface area contributed by atoms with Gasteiger partial charge in [-0.3, -0.25) is 15.0 Å². The molecule has 2 heterocycles. The van der Waals surface area contributed by atoms with Crippen molar-refractivity contribution >= 4 is 11.4 Å². The Bertz CT molecular complexity index is 972.